The van der Waals surface area contributed by atoms with E-state index in [1.807, 2.05) is 18.2 Å². The molecule has 1 aromatic heterocycles. The van der Waals surface area contributed by atoms with Gasteiger partial charge in [-0.2, -0.15) is 0 Å². The average Bonchev–Trinajstić information content (AvgIpc) is 2.62. The van der Waals surface area contributed by atoms with Crippen LogP contribution in [0, 0.1) is 0 Å². The fraction of sp³-hybridized carbons (Fsp3) is 0.316. The smallest absolute Gasteiger partial charge is 0.338 e. The van der Waals surface area contributed by atoms with Crippen LogP contribution in [-0.4, -0.2) is 23.1 Å². The van der Waals surface area contributed by atoms with E-state index in [1.54, 1.807) is 7.05 Å². The van der Waals surface area contributed by atoms with Gasteiger partial charge in [-0.25, -0.2) is 4.79 Å². The van der Waals surface area contributed by atoms with Crippen LogP contribution in [0.5, 0.6) is 0 Å². The fourth-order valence-electron chi connectivity index (χ4n) is 3.03. The molecule has 0 saturated carbocycles. The van der Waals surface area contributed by atoms with Crippen molar-refractivity contribution < 1.29 is 14.3 Å². The largest absolute Gasteiger partial charge is 0.452 e. The third-order valence-electron chi connectivity index (χ3n) is 4.38. The van der Waals surface area contributed by atoms with E-state index in [0.29, 0.717) is 0 Å². The number of esters is 1. The summed E-state index contributed by atoms with van der Waals surface area (Å²) in [6.45, 7) is -0.368. The number of nitrogens with one attached hydrogen (secondary N) is 1. The number of amides is 1. The summed E-state index contributed by atoms with van der Waals surface area (Å²) in [5.41, 5.74) is 2.20. The van der Waals surface area contributed by atoms with Crippen LogP contribution < -0.4 is 10.9 Å². The number of carbonyl (C=O) groups is 2. The molecule has 0 radical (unpaired) electrons. The van der Waals surface area contributed by atoms with Crippen LogP contribution in [0.1, 0.15) is 40.4 Å². The molecule has 1 N–H and O–H groups in total. The second kappa shape index (κ2) is 7.34. The number of hydrogen-bond donors (Lipinski definition) is 1. The Morgan fingerprint density at radius 1 is 1.28 bits per heavy atom. The quantitative estimate of drug-likeness (QED) is 0.860. The first-order valence-electron chi connectivity index (χ1n) is 8.25. The highest BCUT2D eigenvalue weighted by molar-refractivity contribution is 5.91. The van der Waals surface area contributed by atoms with E-state index in [0.717, 1.165) is 24.8 Å². The lowest BCUT2D eigenvalue weighted by Gasteiger charge is -2.26. The maximum absolute atomic E-state index is 12.1. The molecule has 1 aromatic carbocycles. The van der Waals surface area contributed by atoms with Crippen molar-refractivity contribution >= 4 is 11.9 Å². The number of ether oxygens (including phenoxy) is 1. The van der Waals surface area contributed by atoms with Crippen molar-refractivity contribution in [3.05, 3.63) is 69.6 Å². The number of rotatable bonds is 4. The standard InChI is InChI=1S/C19H20N2O4/c1-21-10-9-14(11-18(21)23)19(24)25-12-17(22)20-16-8-4-6-13-5-2-3-7-15(13)16/h2-3,5,7,9-11,16H,4,6,8,12H2,1H3,(H,20,22)/t16-/m0/s1. The summed E-state index contributed by atoms with van der Waals surface area (Å²) in [6, 6.07) is 10.7. The third-order valence-corrected chi connectivity index (χ3v) is 4.38. The van der Waals surface area contributed by atoms with Crippen molar-refractivity contribution in [2.24, 2.45) is 7.05 Å². The Balaban J connectivity index is 1.57. The Labute approximate surface area is 145 Å². The van der Waals surface area contributed by atoms with E-state index < -0.39 is 5.97 Å². The average molecular weight is 340 g/mol. The van der Waals surface area contributed by atoms with Gasteiger partial charge in [-0.15, -0.1) is 0 Å². The molecule has 0 saturated heterocycles. The lowest BCUT2D eigenvalue weighted by molar-refractivity contribution is -0.125. The summed E-state index contributed by atoms with van der Waals surface area (Å²) >= 11 is 0. The van der Waals surface area contributed by atoms with Gasteiger partial charge in [0, 0.05) is 19.3 Å². The van der Waals surface area contributed by atoms with Gasteiger partial charge in [-0.3, -0.25) is 9.59 Å². The maximum Gasteiger partial charge on any atom is 0.338 e. The van der Waals surface area contributed by atoms with Gasteiger partial charge in [0.05, 0.1) is 11.6 Å². The van der Waals surface area contributed by atoms with E-state index in [2.05, 4.69) is 11.4 Å². The zero-order valence-corrected chi connectivity index (χ0v) is 14.0. The van der Waals surface area contributed by atoms with Crippen LogP contribution >= 0.6 is 0 Å². The van der Waals surface area contributed by atoms with Crippen LogP contribution in [0.25, 0.3) is 0 Å². The predicted molar refractivity (Wildman–Crippen MR) is 92.2 cm³/mol. The fourth-order valence-corrected chi connectivity index (χ4v) is 3.03. The number of benzene rings is 1. The second-order valence-electron chi connectivity index (χ2n) is 6.15. The second-order valence-corrected chi connectivity index (χ2v) is 6.15. The van der Waals surface area contributed by atoms with Crippen LogP contribution in [0.15, 0.2) is 47.4 Å². The van der Waals surface area contributed by atoms with Gasteiger partial charge in [0.2, 0.25) is 0 Å². The molecule has 0 fully saturated rings. The zero-order valence-electron chi connectivity index (χ0n) is 14.0. The summed E-state index contributed by atoms with van der Waals surface area (Å²) < 4.78 is 6.37. The molecule has 25 heavy (non-hydrogen) atoms. The number of aryl methyl sites for hydroxylation is 2. The first kappa shape index (κ1) is 17.0. The van der Waals surface area contributed by atoms with Crippen molar-refractivity contribution in [3.8, 4) is 0 Å². The Hall–Kier alpha value is -2.89. The number of aromatic nitrogens is 1. The Morgan fingerprint density at radius 2 is 2.08 bits per heavy atom. The van der Waals surface area contributed by atoms with Gasteiger partial charge in [-0.1, -0.05) is 24.3 Å². The molecule has 130 valence electrons. The summed E-state index contributed by atoms with van der Waals surface area (Å²) in [5.74, 6) is -1.03. The Bertz CT molecular complexity index is 856. The topological polar surface area (TPSA) is 77.4 Å². The molecule has 6 heteroatoms. The molecule has 1 amide bonds. The van der Waals surface area contributed by atoms with Gasteiger partial charge >= 0.3 is 5.97 Å². The molecule has 1 heterocycles. The van der Waals surface area contributed by atoms with E-state index >= 15 is 0 Å². The minimum absolute atomic E-state index is 0.0554. The molecule has 0 unspecified atom stereocenters. The van der Waals surface area contributed by atoms with Crippen LogP contribution in [-0.2, 0) is 23.0 Å². The number of fused-ring (bicyclic) bond motifs is 1. The lowest BCUT2D eigenvalue weighted by atomic mass is 9.88. The molecule has 0 aliphatic heterocycles. The van der Waals surface area contributed by atoms with Gasteiger partial charge in [0.25, 0.3) is 11.5 Å². The SMILES string of the molecule is Cn1ccc(C(=O)OCC(=O)N[C@H]2CCCc3ccccc32)cc1=O. The minimum atomic E-state index is -0.683. The number of carbonyl (C=O) groups excluding carboxylic acids is 2. The highest BCUT2D eigenvalue weighted by atomic mass is 16.5. The van der Waals surface area contributed by atoms with Crippen molar-refractivity contribution in [2.75, 3.05) is 6.61 Å². The first-order valence-corrected chi connectivity index (χ1v) is 8.25. The van der Waals surface area contributed by atoms with Crippen molar-refractivity contribution in [2.45, 2.75) is 25.3 Å². The van der Waals surface area contributed by atoms with Gasteiger partial charge in [-0.05, 0) is 36.5 Å². The number of hydrogen-bond acceptors (Lipinski definition) is 4. The third kappa shape index (κ3) is 3.96. The predicted octanol–water partition coefficient (Wildman–Crippen LogP) is 1.74. The molecule has 3 rings (SSSR count). The molecular weight excluding hydrogens is 320 g/mol. The highest BCUT2D eigenvalue weighted by Crippen LogP contribution is 2.29. The molecule has 1 aliphatic rings. The van der Waals surface area contributed by atoms with E-state index in [4.69, 9.17) is 4.74 Å². The summed E-state index contributed by atoms with van der Waals surface area (Å²) in [4.78, 5) is 35.6. The summed E-state index contributed by atoms with van der Waals surface area (Å²) in [5, 5.41) is 2.92. The molecule has 2 aromatic rings. The highest BCUT2D eigenvalue weighted by Gasteiger charge is 2.22. The van der Waals surface area contributed by atoms with Crippen LogP contribution in [0.2, 0.25) is 0 Å². The van der Waals surface area contributed by atoms with Gasteiger partial charge < -0.3 is 14.6 Å². The maximum atomic E-state index is 12.1. The van der Waals surface area contributed by atoms with E-state index in [1.165, 1.54) is 28.5 Å². The van der Waals surface area contributed by atoms with Crippen molar-refractivity contribution in [3.63, 3.8) is 0 Å². The van der Waals surface area contributed by atoms with E-state index in [-0.39, 0.29) is 29.7 Å². The van der Waals surface area contributed by atoms with Crippen LogP contribution in [0.3, 0.4) is 0 Å². The monoisotopic (exact) mass is 340 g/mol. The Morgan fingerprint density at radius 3 is 2.88 bits per heavy atom. The zero-order chi connectivity index (χ0) is 17.8. The van der Waals surface area contributed by atoms with Crippen molar-refractivity contribution in [1.82, 2.24) is 9.88 Å². The normalized spacial score (nSPS) is 16.0. The van der Waals surface area contributed by atoms with Crippen LogP contribution in [0.4, 0.5) is 0 Å². The van der Waals surface area contributed by atoms with Crippen molar-refractivity contribution in [1.29, 1.82) is 0 Å². The number of nitrogens with zero attached hydrogens (tertiary/aromatic N) is 1. The van der Waals surface area contributed by atoms with Gasteiger partial charge in [0.15, 0.2) is 6.61 Å². The Kier molecular flexibility index (Phi) is 4.97. The molecule has 1 atom stereocenters. The molecular formula is C19H20N2O4. The first-order chi connectivity index (χ1) is 12.0. The minimum Gasteiger partial charge on any atom is -0.452 e. The summed E-state index contributed by atoms with van der Waals surface area (Å²) in [6.07, 6.45) is 4.37. The molecule has 0 bridgehead atoms. The van der Waals surface area contributed by atoms with E-state index in [9.17, 15) is 14.4 Å². The molecule has 0 spiro atoms. The molecule has 1 aliphatic carbocycles. The molecule has 6 nitrogen and oxygen atoms in total. The number of pyridine rings is 1. The lowest BCUT2D eigenvalue weighted by Crippen LogP contribution is -2.34. The summed E-state index contributed by atoms with van der Waals surface area (Å²) in [7, 11) is 1.59. The van der Waals surface area contributed by atoms with Gasteiger partial charge in [0.1, 0.15) is 0 Å².